The van der Waals surface area contributed by atoms with E-state index >= 15 is 0 Å². The van der Waals surface area contributed by atoms with E-state index in [2.05, 4.69) is 34.4 Å². The number of ether oxygens (including phenoxy) is 1. The second-order valence-electron chi connectivity index (χ2n) is 8.60. The highest BCUT2D eigenvalue weighted by atomic mass is 16.5. The monoisotopic (exact) mass is 599 g/mol. The molecule has 0 bridgehead atoms. The lowest BCUT2D eigenvalue weighted by atomic mass is 10.1. The van der Waals surface area contributed by atoms with Crippen LogP contribution in [0.1, 0.15) is 6.42 Å². The summed E-state index contributed by atoms with van der Waals surface area (Å²) >= 11 is 0. The molecule has 2 aromatic heterocycles. The van der Waals surface area contributed by atoms with Gasteiger partial charge in [-0.2, -0.15) is 5.10 Å². The zero-order chi connectivity index (χ0) is 32.4. The Labute approximate surface area is 246 Å². The summed E-state index contributed by atoms with van der Waals surface area (Å²) in [6, 6.07) is 11.7. The van der Waals surface area contributed by atoms with Crippen LogP contribution in [-0.2, 0) is 30.5 Å². The number of hydrogen-bond donors (Lipinski definition) is 5. The lowest BCUT2D eigenvalue weighted by Crippen LogP contribution is -2.24. The molecule has 0 radical (unpaired) electrons. The van der Waals surface area contributed by atoms with Crippen molar-refractivity contribution >= 4 is 40.8 Å². The standard InChI is InChI=1S/C20H25N5O2.2C4H4O4/c1-21-18(26)14-25-20-17(6-4-11-22-20)19(23-25)15-7-9-16(10-8-15)27-13-5-12-24(2)3;2*5-3(6)1-2-4(7)8/h4,6-11H,5,12-14H2,1-3H3,(H,21,26);2*1-2H,(H,5,6)(H,7,8)/b;2*2-1+. The van der Waals surface area contributed by atoms with E-state index in [1.54, 1.807) is 17.9 Å². The molecule has 0 aliphatic heterocycles. The van der Waals surface area contributed by atoms with Gasteiger partial charge in [0.05, 0.1) is 6.61 Å². The highest BCUT2D eigenvalue weighted by molar-refractivity contribution is 5.92. The molecule has 15 heteroatoms. The van der Waals surface area contributed by atoms with Crippen molar-refractivity contribution in [2.45, 2.75) is 13.0 Å². The molecule has 0 fully saturated rings. The number of nitrogens with one attached hydrogen (secondary N) is 1. The Balaban J connectivity index is 0.000000476. The zero-order valence-electron chi connectivity index (χ0n) is 23.7. The number of benzene rings is 1. The molecule has 0 saturated heterocycles. The van der Waals surface area contributed by atoms with Crippen LogP contribution in [0.4, 0.5) is 0 Å². The van der Waals surface area contributed by atoms with Crippen LogP contribution in [0.5, 0.6) is 5.75 Å². The average Bonchev–Trinajstić information content (AvgIpc) is 3.32. The van der Waals surface area contributed by atoms with Gasteiger partial charge in [0.2, 0.25) is 5.91 Å². The van der Waals surface area contributed by atoms with Crippen molar-refractivity contribution < 1.29 is 49.1 Å². The maximum absolute atomic E-state index is 11.8. The normalized spacial score (nSPS) is 10.5. The second-order valence-corrected chi connectivity index (χ2v) is 8.60. The van der Waals surface area contributed by atoms with Crippen LogP contribution in [-0.4, -0.2) is 104 Å². The predicted molar refractivity (Wildman–Crippen MR) is 155 cm³/mol. The summed E-state index contributed by atoms with van der Waals surface area (Å²) in [4.78, 5) is 56.5. The van der Waals surface area contributed by atoms with Gasteiger partial charge in [-0.1, -0.05) is 0 Å². The fourth-order valence-corrected chi connectivity index (χ4v) is 3.11. The Bertz CT molecular complexity index is 1380. The van der Waals surface area contributed by atoms with Crippen molar-refractivity contribution in [3.05, 3.63) is 66.9 Å². The number of carboxylic acids is 4. The molecule has 230 valence electrons. The van der Waals surface area contributed by atoms with Crippen molar-refractivity contribution in [2.24, 2.45) is 0 Å². The van der Waals surface area contributed by atoms with Gasteiger partial charge in [0.25, 0.3) is 0 Å². The van der Waals surface area contributed by atoms with Crippen LogP contribution in [0.15, 0.2) is 66.9 Å². The van der Waals surface area contributed by atoms with Gasteiger partial charge >= 0.3 is 23.9 Å². The molecule has 3 aromatic rings. The summed E-state index contributed by atoms with van der Waals surface area (Å²) in [5.41, 5.74) is 2.46. The molecule has 0 saturated carbocycles. The van der Waals surface area contributed by atoms with Gasteiger partial charge in [-0.05, 0) is 56.9 Å². The lowest BCUT2D eigenvalue weighted by molar-refractivity contribution is -0.134. The van der Waals surface area contributed by atoms with Gasteiger partial charge in [0.15, 0.2) is 5.65 Å². The van der Waals surface area contributed by atoms with Gasteiger partial charge in [0, 0.05) is 55.0 Å². The van der Waals surface area contributed by atoms with Gasteiger partial charge in [-0.15, -0.1) is 0 Å². The van der Waals surface area contributed by atoms with E-state index in [4.69, 9.17) is 25.2 Å². The summed E-state index contributed by atoms with van der Waals surface area (Å²) in [6.45, 7) is 1.82. The number of pyridine rings is 1. The number of carboxylic acid groups (broad SMARTS) is 4. The van der Waals surface area contributed by atoms with Crippen molar-refractivity contribution in [2.75, 3.05) is 34.3 Å². The summed E-state index contributed by atoms with van der Waals surface area (Å²) in [7, 11) is 5.72. The van der Waals surface area contributed by atoms with Crippen LogP contribution in [0.3, 0.4) is 0 Å². The van der Waals surface area contributed by atoms with E-state index in [9.17, 15) is 24.0 Å². The number of carbonyl (C=O) groups excluding carboxylic acids is 1. The van der Waals surface area contributed by atoms with Gasteiger partial charge in [-0.25, -0.2) is 28.8 Å². The van der Waals surface area contributed by atoms with Crippen molar-refractivity contribution in [1.82, 2.24) is 25.0 Å². The number of rotatable bonds is 12. The number of aliphatic carboxylic acids is 4. The smallest absolute Gasteiger partial charge is 0.328 e. The summed E-state index contributed by atoms with van der Waals surface area (Å²) in [5, 5.41) is 39.4. The van der Waals surface area contributed by atoms with Crippen LogP contribution >= 0.6 is 0 Å². The Morgan fingerprint density at radius 3 is 1.88 bits per heavy atom. The molecular formula is C28H33N5O10. The van der Waals surface area contributed by atoms with Crippen LogP contribution in [0, 0.1) is 0 Å². The van der Waals surface area contributed by atoms with E-state index in [0.717, 1.165) is 35.4 Å². The number of nitrogens with zero attached hydrogens (tertiary/aromatic N) is 4. The molecule has 0 aliphatic rings. The molecule has 43 heavy (non-hydrogen) atoms. The van der Waals surface area contributed by atoms with E-state index in [1.165, 1.54) is 0 Å². The number of carbonyl (C=O) groups is 5. The molecular weight excluding hydrogens is 566 g/mol. The quantitative estimate of drug-likeness (QED) is 0.148. The number of hydrogen-bond acceptors (Lipinski definition) is 9. The number of likely N-dealkylation sites (N-methyl/N-ethyl adjacent to an activating group) is 1. The van der Waals surface area contributed by atoms with Gasteiger partial charge < -0.3 is 35.4 Å². The van der Waals surface area contributed by atoms with E-state index in [0.29, 0.717) is 36.6 Å². The van der Waals surface area contributed by atoms with E-state index < -0.39 is 23.9 Å². The fraction of sp³-hybridized carbons (Fsp3) is 0.250. The first-order chi connectivity index (χ1) is 20.3. The zero-order valence-corrected chi connectivity index (χ0v) is 23.7. The average molecular weight is 600 g/mol. The Hall–Kier alpha value is -5.57. The van der Waals surface area contributed by atoms with E-state index in [1.807, 2.05) is 36.4 Å². The number of aromatic nitrogens is 3. The number of fused-ring (bicyclic) bond motifs is 1. The minimum atomic E-state index is -1.26. The third kappa shape index (κ3) is 14.6. The summed E-state index contributed by atoms with van der Waals surface area (Å²) in [6.07, 6.45) is 4.92. The first-order valence-electron chi connectivity index (χ1n) is 12.5. The molecule has 0 unspecified atom stereocenters. The fourth-order valence-electron chi connectivity index (χ4n) is 3.11. The van der Waals surface area contributed by atoms with Crippen LogP contribution < -0.4 is 10.1 Å². The molecule has 1 aromatic carbocycles. The molecule has 1 amide bonds. The molecule has 0 spiro atoms. The van der Waals surface area contributed by atoms with Crippen molar-refractivity contribution in [1.29, 1.82) is 0 Å². The highest BCUT2D eigenvalue weighted by Gasteiger charge is 2.15. The third-order valence-corrected chi connectivity index (χ3v) is 4.96. The maximum atomic E-state index is 11.8. The van der Waals surface area contributed by atoms with E-state index in [-0.39, 0.29) is 12.5 Å². The molecule has 0 atom stereocenters. The summed E-state index contributed by atoms with van der Waals surface area (Å²) < 4.78 is 7.42. The SMILES string of the molecule is CNC(=O)Cn1nc(-c2ccc(OCCCN(C)C)cc2)c2cccnc21.O=C(O)/C=C/C(=O)O.O=C(O)/C=C/C(=O)O. The predicted octanol–water partition coefficient (Wildman–Crippen LogP) is 1.60. The largest absolute Gasteiger partial charge is 0.494 e. The second kappa shape index (κ2) is 18.7. The van der Waals surface area contributed by atoms with Crippen LogP contribution in [0.25, 0.3) is 22.3 Å². The first-order valence-corrected chi connectivity index (χ1v) is 12.5. The first kappa shape index (κ1) is 35.5. The molecule has 0 aliphatic carbocycles. The molecule has 15 nitrogen and oxygen atoms in total. The van der Waals surface area contributed by atoms with Crippen molar-refractivity contribution in [3.63, 3.8) is 0 Å². The third-order valence-electron chi connectivity index (χ3n) is 4.96. The van der Waals surface area contributed by atoms with Gasteiger partial charge in [0.1, 0.15) is 18.0 Å². The van der Waals surface area contributed by atoms with Crippen LogP contribution in [0.2, 0.25) is 0 Å². The number of amides is 1. The van der Waals surface area contributed by atoms with Gasteiger partial charge in [-0.3, -0.25) is 4.79 Å². The minimum Gasteiger partial charge on any atom is -0.494 e. The van der Waals surface area contributed by atoms with Crippen molar-refractivity contribution in [3.8, 4) is 17.0 Å². The minimum absolute atomic E-state index is 0.113. The summed E-state index contributed by atoms with van der Waals surface area (Å²) in [5.74, 6) is -4.30. The highest BCUT2D eigenvalue weighted by Crippen LogP contribution is 2.28. The Kier molecular flexibility index (Phi) is 15.4. The topological polar surface area (TPSA) is 221 Å². The molecule has 3 rings (SSSR count). The molecule has 2 heterocycles. The lowest BCUT2D eigenvalue weighted by Gasteiger charge is -2.10. The Morgan fingerprint density at radius 1 is 0.884 bits per heavy atom. The molecule has 5 N–H and O–H groups in total. The maximum Gasteiger partial charge on any atom is 0.328 e. The Morgan fingerprint density at radius 2 is 1.42 bits per heavy atom.